The Morgan fingerprint density at radius 2 is 1.94 bits per heavy atom. The molecule has 0 aliphatic heterocycles. The van der Waals surface area contributed by atoms with Crippen molar-refractivity contribution in [3.63, 3.8) is 0 Å². The molecule has 1 aliphatic rings. The standard InChI is InChI=1S/C12H19ClN4/c13-10-7-15-12(16-8-10)17-11(6-14)9-4-2-1-3-5-9/h7-9,11H,1-6,14H2,(H,15,16,17). The van der Waals surface area contributed by atoms with Crippen molar-refractivity contribution in [2.45, 2.75) is 38.1 Å². The number of nitrogens with zero attached hydrogens (tertiary/aromatic N) is 2. The number of anilines is 1. The van der Waals surface area contributed by atoms with Gasteiger partial charge < -0.3 is 11.1 Å². The number of aromatic nitrogens is 2. The topological polar surface area (TPSA) is 63.8 Å². The summed E-state index contributed by atoms with van der Waals surface area (Å²) >= 11 is 5.75. The maximum Gasteiger partial charge on any atom is 0.222 e. The van der Waals surface area contributed by atoms with Crippen LogP contribution in [0.5, 0.6) is 0 Å². The van der Waals surface area contributed by atoms with Gasteiger partial charge in [0.25, 0.3) is 0 Å². The lowest BCUT2D eigenvalue weighted by Gasteiger charge is -2.29. The first-order valence-electron chi connectivity index (χ1n) is 6.23. The molecule has 94 valence electrons. The first kappa shape index (κ1) is 12.6. The average molecular weight is 255 g/mol. The van der Waals surface area contributed by atoms with Crippen LogP contribution >= 0.6 is 11.6 Å². The Morgan fingerprint density at radius 1 is 1.29 bits per heavy atom. The zero-order valence-electron chi connectivity index (χ0n) is 9.90. The summed E-state index contributed by atoms with van der Waals surface area (Å²) in [4.78, 5) is 8.30. The van der Waals surface area contributed by atoms with Crippen molar-refractivity contribution in [1.82, 2.24) is 9.97 Å². The molecule has 5 heteroatoms. The molecule has 1 aromatic heterocycles. The van der Waals surface area contributed by atoms with Crippen LogP contribution in [-0.2, 0) is 0 Å². The second kappa shape index (κ2) is 6.17. The van der Waals surface area contributed by atoms with Gasteiger partial charge in [-0.2, -0.15) is 0 Å². The number of nitrogens with one attached hydrogen (secondary N) is 1. The summed E-state index contributed by atoms with van der Waals surface area (Å²) in [7, 11) is 0. The van der Waals surface area contributed by atoms with E-state index in [0.717, 1.165) is 0 Å². The molecule has 1 fully saturated rings. The van der Waals surface area contributed by atoms with Crippen molar-refractivity contribution in [2.75, 3.05) is 11.9 Å². The van der Waals surface area contributed by atoms with E-state index in [1.807, 2.05) is 0 Å². The lowest BCUT2D eigenvalue weighted by atomic mass is 9.84. The van der Waals surface area contributed by atoms with Crippen LogP contribution in [0, 0.1) is 5.92 Å². The Labute approximate surface area is 107 Å². The average Bonchev–Trinajstić information content (AvgIpc) is 2.39. The zero-order chi connectivity index (χ0) is 12.1. The molecule has 0 amide bonds. The predicted molar refractivity (Wildman–Crippen MR) is 70.1 cm³/mol. The normalized spacial score (nSPS) is 18.9. The molecule has 4 nitrogen and oxygen atoms in total. The van der Waals surface area contributed by atoms with Gasteiger partial charge in [0.2, 0.25) is 5.95 Å². The third kappa shape index (κ3) is 3.54. The molecule has 0 saturated heterocycles. The maximum atomic E-state index is 5.84. The minimum absolute atomic E-state index is 0.275. The van der Waals surface area contributed by atoms with Gasteiger partial charge in [-0.25, -0.2) is 9.97 Å². The molecule has 2 rings (SSSR count). The molecule has 1 heterocycles. The fraction of sp³-hybridized carbons (Fsp3) is 0.667. The molecular weight excluding hydrogens is 236 g/mol. The van der Waals surface area contributed by atoms with Gasteiger partial charge in [-0.15, -0.1) is 0 Å². The summed E-state index contributed by atoms with van der Waals surface area (Å²) in [5.74, 6) is 1.27. The molecule has 1 aliphatic carbocycles. The van der Waals surface area contributed by atoms with Crippen LogP contribution in [0.15, 0.2) is 12.4 Å². The van der Waals surface area contributed by atoms with Gasteiger partial charge in [0.15, 0.2) is 0 Å². The van der Waals surface area contributed by atoms with E-state index in [4.69, 9.17) is 17.3 Å². The highest BCUT2D eigenvalue weighted by Crippen LogP contribution is 2.27. The third-order valence-electron chi connectivity index (χ3n) is 3.41. The summed E-state index contributed by atoms with van der Waals surface area (Å²) in [6, 6.07) is 0.275. The highest BCUT2D eigenvalue weighted by molar-refractivity contribution is 6.30. The molecule has 3 N–H and O–H groups in total. The molecule has 0 bridgehead atoms. The van der Waals surface area contributed by atoms with Crippen molar-refractivity contribution in [1.29, 1.82) is 0 Å². The quantitative estimate of drug-likeness (QED) is 0.866. The molecular formula is C12H19ClN4. The Hall–Kier alpha value is -0.870. The Balaban J connectivity index is 1.96. The smallest absolute Gasteiger partial charge is 0.222 e. The number of hydrogen-bond donors (Lipinski definition) is 2. The van der Waals surface area contributed by atoms with Crippen LogP contribution in [-0.4, -0.2) is 22.6 Å². The van der Waals surface area contributed by atoms with Gasteiger partial charge in [0.05, 0.1) is 17.4 Å². The summed E-state index contributed by atoms with van der Waals surface area (Å²) in [5, 5.41) is 3.87. The fourth-order valence-corrected chi connectivity index (χ4v) is 2.56. The summed E-state index contributed by atoms with van der Waals surface area (Å²) in [6.45, 7) is 0.622. The van der Waals surface area contributed by atoms with Crippen LogP contribution in [0.2, 0.25) is 5.02 Å². The first-order chi connectivity index (χ1) is 8.29. The SMILES string of the molecule is NCC(Nc1ncc(Cl)cn1)C1CCCCC1. The Bertz CT molecular complexity index is 335. The summed E-state index contributed by atoms with van der Waals surface area (Å²) < 4.78 is 0. The highest BCUT2D eigenvalue weighted by Gasteiger charge is 2.22. The van der Waals surface area contributed by atoms with Crippen molar-refractivity contribution >= 4 is 17.5 Å². The van der Waals surface area contributed by atoms with Gasteiger partial charge in [-0.05, 0) is 18.8 Å². The zero-order valence-corrected chi connectivity index (χ0v) is 10.7. The van der Waals surface area contributed by atoms with E-state index in [9.17, 15) is 0 Å². The van der Waals surface area contributed by atoms with Gasteiger partial charge in [0.1, 0.15) is 0 Å². The second-order valence-electron chi connectivity index (χ2n) is 4.61. The van der Waals surface area contributed by atoms with E-state index < -0.39 is 0 Å². The van der Waals surface area contributed by atoms with Crippen molar-refractivity contribution in [3.8, 4) is 0 Å². The van der Waals surface area contributed by atoms with E-state index in [2.05, 4.69) is 15.3 Å². The van der Waals surface area contributed by atoms with Crippen molar-refractivity contribution < 1.29 is 0 Å². The van der Waals surface area contributed by atoms with Crippen LogP contribution < -0.4 is 11.1 Å². The van der Waals surface area contributed by atoms with E-state index in [-0.39, 0.29) is 6.04 Å². The fourth-order valence-electron chi connectivity index (χ4n) is 2.46. The molecule has 1 saturated carbocycles. The van der Waals surface area contributed by atoms with Crippen LogP contribution in [0.3, 0.4) is 0 Å². The molecule has 1 atom stereocenters. The minimum atomic E-state index is 0.275. The van der Waals surface area contributed by atoms with Crippen LogP contribution in [0.4, 0.5) is 5.95 Å². The molecule has 1 aromatic rings. The van der Waals surface area contributed by atoms with Gasteiger partial charge in [-0.3, -0.25) is 0 Å². The van der Waals surface area contributed by atoms with E-state index in [1.165, 1.54) is 32.1 Å². The van der Waals surface area contributed by atoms with Crippen molar-refractivity contribution in [3.05, 3.63) is 17.4 Å². The second-order valence-corrected chi connectivity index (χ2v) is 5.05. The van der Waals surface area contributed by atoms with Gasteiger partial charge in [-0.1, -0.05) is 30.9 Å². The molecule has 0 spiro atoms. The predicted octanol–water partition coefficient (Wildman–Crippen LogP) is 2.45. The highest BCUT2D eigenvalue weighted by atomic mass is 35.5. The van der Waals surface area contributed by atoms with Gasteiger partial charge >= 0.3 is 0 Å². The first-order valence-corrected chi connectivity index (χ1v) is 6.61. The summed E-state index contributed by atoms with van der Waals surface area (Å²) in [6.07, 6.45) is 9.68. The minimum Gasteiger partial charge on any atom is -0.350 e. The number of hydrogen-bond acceptors (Lipinski definition) is 4. The molecule has 1 unspecified atom stereocenters. The Kier molecular flexibility index (Phi) is 4.57. The number of nitrogens with two attached hydrogens (primary N) is 1. The number of rotatable bonds is 4. The van der Waals surface area contributed by atoms with Gasteiger partial charge in [0, 0.05) is 12.6 Å². The van der Waals surface area contributed by atoms with Crippen molar-refractivity contribution in [2.24, 2.45) is 11.7 Å². The van der Waals surface area contributed by atoms with Crippen LogP contribution in [0.1, 0.15) is 32.1 Å². The number of halogens is 1. The monoisotopic (exact) mass is 254 g/mol. The lowest BCUT2D eigenvalue weighted by Crippen LogP contribution is -2.37. The maximum absolute atomic E-state index is 5.84. The molecule has 0 radical (unpaired) electrons. The van der Waals surface area contributed by atoms with E-state index in [1.54, 1.807) is 12.4 Å². The van der Waals surface area contributed by atoms with Crippen LogP contribution in [0.25, 0.3) is 0 Å². The van der Waals surface area contributed by atoms with E-state index >= 15 is 0 Å². The third-order valence-corrected chi connectivity index (χ3v) is 3.60. The summed E-state index contributed by atoms with van der Waals surface area (Å²) in [5.41, 5.74) is 5.84. The molecule has 17 heavy (non-hydrogen) atoms. The lowest BCUT2D eigenvalue weighted by molar-refractivity contribution is 0.320. The Morgan fingerprint density at radius 3 is 2.53 bits per heavy atom. The largest absolute Gasteiger partial charge is 0.350 e. The molecule has 0 aromatic carbocycles. The van der Waals surface area contributed by atoms with E-state index in [0.29, 0.717) is 23.4 Å².